The predicted octanol–water partition coefficient (Wildman–Crippen LogP) is 3.35. The van der Waals surface area contributed by atoms with Crippen LogP contribution < -0.4 is 0 Å². The zero-order valence-electron chi connectivity index (χ0n) is 9.15. The van der Waals surface area contributed by atoms with E-state index in [1.807, 2.05) is 12.1 Å². The van der Waals surface area contributed by atoms with Crippen molar-refractivity contribution >= 4 is 22.0 Å². The predicted molar refractivity (Wildman–Crippen MR) is 65.2 cm³/mol. The van der Waals surface area contributed by atoms with Crippen LogP contribution in [0.2, 0.25) is 0 Å². The second-order valence-corrected chi connectivity index (χ2v) is 4.79. The molecule has 1 amide bonds. The van der Waals surface area contributed by atoms with E-state index in [9.17, 15) is 4.79 Å². The molecule has 0 aliphatic carbocycles. The van der Waals surface area contributed by atoms with Crippen molar-refractivity contribution in [2.75, 3.05) is 13.7 Å². The molecule has 0 spiro atoms. The Labute approximate surface area is 104 Å². The zero-order chi connectivity index (χ0) is 11.5. The molecule has 3 nitrogen and oxygen atoms in total. The number of carbonyl (C=O) groups excluding carboxylic acids is 1. The number of carbonyl (C=O) groups is 1. The van der Waals surface area contributed by atoms with Gasteiger partial charge in [0.25, 0.3) is 0 Å². The zero-order valence-corrected chi connectivity index (χ0v) is 10.7. The van der Waals surface area contributed by atoms with Gasteiger partial charge in [-0.2, -0.15) is 0 Å². The van der Waals surface area contributed by atoms with E-state index in [2.05, 4.69) is 28.1 Å². The van der Waals surface area contributed by atoms with Gasteiger partial charge in [0.2, 0.25) is 0 Å². The van der Waals surface area contributed by atoms with Crippen LogP contribution in [0, 0.1) is 0 Å². The molecule has 0 bridgehead atoms. The van der Waals surface area contributed by atoms with Gasteiger partial charge in [-0.3, -0.25) is 0 Å². The highest BCUT2D eigenvalue weighted by Crippen LogP contribution is 2.33. The van der Waals surface area contributed by atoms with Gasteiger partial charge in [-0.15, -0.1) is 0 Å². The van der Waals surface area contributed by atoms with Crippen molar-refractivity contribution in [3.8, 4) is 0 Å². The number of rotatable bonds is 1. The normalized spacial score (nSPS) is 19.9. The van der Waals surface area contributed by atoms with Crippen molar-refractivity contribution in [1.82, 2.24) is 4.90 Å². The summed E-state index contributed by atoms with van der Waals surface area (Å²) in [6.07, 6.45) is 1.81. The number of ether oxygens (including phenoxy) is 1. The molecule has 4 heteroatoms. The van der Waals surface area contributed by atoms with E-state index in [0.29, 0.717) is 0 Å². The lowest BCUT2D eigenvalue weighted by Gasteiger charge is -2.23. The fourth-order valence-corrected chi connectivity index (χ4v) is 2.58. The van der Waals surface area contributed by atoms with Gasteiger partial charge in [0.15, 0.2) is 0 Å². The second kappa shape index (κ2) is 4.87. The smallest absolute Gasteiger partial charge is 0.409 e. The number of hydrogen-bond donors (Lipinski definition) is 0. The molecule has 1 saturated heterocycles. The molecule has 1 aromatic carbocycles. The Morgan fingerprint density at radius 2 is 2.38 bits per heavy atom. The molecule has 2 rings (SSSR count). The van der Waals surface area contributed by atoms with Crippen molar-refractivity contribution in [2.45, 2.75) is 18.9 Å². The highest BCUT2D eigenvalue weighted by Gasteiger charge is 2.30. The molecule has 1 aliphatic heterocycles. The van der Waals surface area contributed by atoms with E-state index in [1.165, 1.54) is 7.11 Å². The first-order valence-electron chi connectivity index (χ1n) is 5.32. The van der Waals surface area contributed by atoms with Crippen LogP contribution in [-0.4, -0.2) is 24.6 Å². The minimum absolute atomic E-state index is 0.157. The van der Waals surface area contributed by atoms with Crippen LogP contribution in [0.25, 0.3) is 0 Å². The third kappa shape index (κ3) is 2.21. The molecule has 0 N–H and O–H groups in total. The van der Waals surface area contributed by atoms with E-state index >= 15 is 0 Å². The van der Waals surface area contributed by atoms with E-state index in [4.69, 9.17) is 4.74 Å². The van der Waals surface area contributed by atoms with Crippen molar-refractivity contribution in [3.05, 3.63) is 34.3 Å². The summed E-state index contributed by atoms with van der Waals surface area (Å²) in [5, 5.41) is 0. The van der Waals surface area contributed by atoms with E-state index in [1.54, 1.807) is 4.90 Å². The molecular weight excluding hydrogens is 270 g/mol. The molecule has 0 radical (unpaired) electrons. The third-order valence-corrected chi connectivity index (χ3v) is 3.39. The maximum Gasteiger partial charge on any atom is 0.409 e. The van der Waals surface area contributed by atoms with Crippen molar-refractivity contribution in [3.63, 3.8) is 0 Å². The van der Waals surface area contributed by atoms with Gasteiger partial charge >= 0.3 is 6.09 Å². The monoisotopic (exact) mass is 283 g/mol. The molecule has 1 unspecified atom stereocenters. The van der Waals surface area contributed by atoms with Crippen LogP contribution in [0.4, 0.5) is 4.79 Å². The summed E-state index contributed by atoms with van der Waals surface area (Å²) >= 11 is 3.45. The fourth-order valence-electron chi connectivity index (χ4n) is 2.16. The molecule has 0 saturated carbocycles. The van der Waals surface area contributed by atoms with Crippen LogP contribution >= 0.6 is 15.9 Å². The maximum atomic E-state index is 11.6. The molecule has 86 valence electrons. The summed E-state index contributed by atoms with van der Waals surface area (Å²) < 4.78 is 5.83. The number of halogens is 1. The molecule has 1 heterocycles. The Kier molecular flexibility index (Phi) is 3.49. The molecule has 1 atom stereocenters. The minimum Gasteiger partial charge on any atom is -0.453 e. The quantitative estimate of drug-likeness (QED) is 0.791. The average Bonchev–Trinajstić information content (AvgIpc) is 2.77. The summed E-state index contributed by atoms with van der Waals surface area (Å²) in [4.78, 5) is 13.4. The van der Waals surface area contributed by atoms with Gasteiger partial charge in [0.1, 0.15) is 0 Å². The van der Waals surface area contributed by atoms with Crippen LogP contribution in [0.5, 0.6) is 0 Å². The molecule has 1 aliphatic rings. The molecule has 16 heavy (non-hydrogen) atoms. The lowest BCUT2D eigenvalue weighted by molar-refractivity contribution is 0.119. The lowest BCUT2D eigenvalue weighted by atomic mass is 10.1. The van der Waals surface area contributed by atoms with Crippen molar-refractivity contribution in [2.24, 2.45) is 0 Å². The van der Waals surface area contributed by atoms with Crippen LogP contribution in [0.3, 0.4) is 0 Å². The summed E-state index contributed by atoms with van der Waals surface area (Å²) in [7, 11) is 1.43. The van der Waals surface area contributed by atoms with Crippen LogP contribution in [0.15, 0.2) is 28.7 Å². The van der Waals surface area contributed by atoms with Crippen LogP contribution in [-0.2, 0) is 4.74 Å². The fraction of sp³-hybridized carbons (Fsp3) is 0.417. The molecule has 1 fully saturated rings. The highest BCUT2D eigenvalue weighted by molar-refractivity contribution is 9.10. The molecular formula is C12H14BrNO2. The number of hydrogen-bond acceptors (Lipinski definition) is 2. The van der Waals surface area contributed by atoms with Crippen molar-refractivity contribution in [1.29, 1.82) is 0 Å². The number of methoxy groups -OCH3 is 1. The maximum absolute atomic E-state index is 11.6. The lowest BCUT2D eigenvalue weighted by Crippen LogP contribution is -2.30. The topological polar surface area (TPSA) is 29.5 Å². The van der Waals surface area contributed by atoms with Gasteiger partial charge in [-0.25, -0.2) is 4.79 Å². The summed E-state index contributed by atoms with van der Waals surface area (Å²) in [6, 6.07) is 8.25. The number of nitrogens with zero attached hydrogens (tertiary/aromatic N) is 1. The third-order valence-electron chi connectivity index (χ3n) is 2.90. The first kappa shape index (κ1) is 11.5. The van der Waals surface area contributed by atoms with Crippen LogP contribution in [0.1, 0.15) is 24.4 Å². The van der Waals surface area contributed by atoms with Gasteiger partial charge in [-0.05, 0) is 30.5 Å². The molecule has 0 aromatic heterocycles. The summed E-state index contributed by atoms with van der Waals surface area (Å²) in [6.45, 7) is 0.782. The number of benzene rings is 1. The Balaban J connectivity index is 2.23. The van der Waals surface area contributed by atoms with E-state index in [-0.39, 0.29) is 12.1 Å². The van der Waals surface area contributed by atoms with Gasteiger partial charge in [-0.1, -0.05) is 28.1 Å². The second-order valence-electron chi connectivity index (χ2n) is 3.88. The standard InChI is InChI=1S/C12H14BrNO2/c1-16-12(15)14-7-3-6-11(14)9-4-2-5-10(13)8-9/h2,4-5,8,11H,3,6-7H2,1H3. The largest absolute Gasteiger partial charge is 0.453 e. The number of likely N-dealkylation sites (tertiary alicyclic amines) is 1. The van der Waals surface area contributed by atoms with Crippen molar-refractivity contribution < 1.29 is 9.53 Å². The van der Waals surface area contributed by atoms with E-state index < -0.39 is 0 Å². The average molecular weight is 284 g/mol. The minimum atomic E-state index is -0.234. The molecule has 1 aromatic rings. The Hall–Kier alpha value is -1.03. The van der Waals surface area contributed by atoms with Gasteiger partial charge in [0.05, 0.1) is 13.2 Å². The Morgan fingerprint density at radius 1 is 1.56 bits per heavy atom. The number of amides is 1. The van der Waals surface area contributed by atoms with Gasteiger partial charge in [0, 0.05) is 11.0 Å². The summed E-state index contributed by atoms with van der Waals surface area (Å²) in [5.74, 6) is 0. The first-order valence-corrected chi connectivity index (χ1v) is 6.11. The SMILES string of the molecule is COC(=O)N1CCCC1c1cccc(Br)c1. The highest BCUT2D eigenvalue weighted by atomic mass is 79.9. The Bertz CT molecular complexity index is 394. The van der Waals surface area contributed by atoms with Gasteiger partial charge < -0.3 is 9.64 Å². The first-order chi connectivity index (χ1) is 7.72. The summed E-state index contributed by atoms with van der Waals surface area (Å²) in [5.41, 5.74) is 1.16. The Morgan fingerprint density at radius 3 is 3.06 bits per heavy atom. The van der Waals surface area contributed by atoms with E-state index in [0.717, 1.165) is 29.4 Å².